The number of carboxylic acids is 1. The van der Waals surface area contributed by atoms with E-state index >= 15 is 0 Å². The smallest absolute Gasteiger partial charge is 0.303 e. The Balaban J connectivity index is 1.60. The number of aromatic nitrogens is 1. The number of fused-ring (bicyclic) bond motifs is 1. The zero-order valence-corrected chi connectivity index (χ0v) is 20.3. The van der Waals surface area contributed by atoms with Crippen LogP contribution in [0.25, 0.3) is 22.2 Å². The highest BCUT2D eigenvalue weighted by Gasteiger charge is 2.16. The first kappa shape index (κ1) is 25.0. The monoisotopic (exact) mass is 484 g/mol. The number of carboxylic acid groups (broad SMARTS) is 1. The number of nitrogens with zero attached hydrogens (tertiary/aromatic N) is 2. The molecule has 0 spiro atoms. The van der Waals surface area contributed by atoms with E-state index in [1.165, 1.54) is 12.2 Å². The third kappa shape index (κ3) is 6.33. The summed E-state index contributed by atoms with van der Waals surface area (Å²) in [6, 6.07) is 17.5. The lowest BCUT2D eigenvalue weighted by Crippen LogP contribution is -2.28. The maximum Gasteiger partial charge on any atom is 0.303 e. The summed E-state index contributed by atoms with van der Waals surface area (Å²) in [5.74, 6) is -1.21. The predicted octanol–water partition coefficient (Wildman–Crippen LogP) is 6.51. The van der Waals surface area contributed by atoms with E-state index in [-0.39, 0.29) is 18.2 Å². The minimum atomic E-state index is -0.793. The van der Waals surface area contributed by atoms with Gasteiger partial charge in [-0.25, -0.2) is 9.37 Å². The van der Waals surface area contributed by atoms with Crippen LogP contribution in [0.5, 0.6) is 0 Å². The first-order valence-corrected chi connectivity index (χ1v) is 12.1. The van der Waals surface area contributed by atoms with Crippen molar-refractivity contribution >= 4 is 22.8 Å². The fourth-order valence-electron chi connectivity index (χ4n) is 4.34. The average molecular weight is 485 g/mol. The van der Waals surface area contributed by atoms with E-state index in [2.05, 4.69) is 6.07 Å². The van der Waals surface area contributed by atoms with Crippen LogP contribution in [0.2, 0.25) is 0 Å². The molecule has 1 N–H and O–H groups in total. The minimum Gasteiger partial charge on any atom is -0.481 e. The second-order valence-corrected chi connectivity index (χ2v) is 9.01. The molecule has 184 valence electrons. The number of allylic oxidation sites excluding steroid dienone is 5. The zero-order chi connectivity index (χ0) is 25.5. The van der Waals surface area contributed by atoms with Crippen LogP contribution < -0.4 is 0 Å². The maximum absolute atomic E-state index is 13.4. The third-order valence-electron chi connectivity index (χ3n) is 6.20. The lowest BCUT2D eigenvalue weighted by atomic mass is 9.98. The number of likely N-dealkylation sites (N-methyl/N-ethyl adjacent to an activating group) is 1. The largest absolute Gasteiger partial charge is 0.481 e. The number of amides is 1. The molecule has 0 bridgehead atoms. The summed E-state index contributed by atoms with van der Waals surface area (Å²) in [7, 11) is 1.74. The Morgan fingerprint density at radius 3 is 2.64 bits per heavy atom. The summed E-state index contributed by atoms with van der Waals surface area (Å²) in [5, 5.41) is 9.83. The van der Waals surface area contributed by atoms with Crippen LogP contribution in [-0.4, -0.2) is 40.5 Å². The number of unbranched alkanes of at least 4 members (excludes halogenated alkanes) is 1. The summed E-state index contributed by atoms with van der Waals surface area (Å²) in [6.45, 7) is 0.408. The number of aliphatic carboxylic acids is 1. The van der Waals surface area contributed by atoms with Crippen molar-refractivity contribution in [3.05, 3.63) is 101 Å². The van der Waals surface area contributed by atoms with E-state index in [0.717, 1.165) is 39.7 Å². The van der Waals surface area contributed by atoms with Crippen molar-refractivity contribution in [2.45, 2.75) is 32.1 Å². The molecule has 1 heterocycles. The van der Waals surface area contributed by atoms with E-state index in [1.807, 2.05) is 42.5 Å². The van der Waals surface area contributed by atoms with Crippen molar-refractivity contribution in [2.75, 3.05) is 13.6 Å². The summed E-state index contributed by atoms with van der Waals surface area (Å²) in [4.78, 5) is 30.6. The number of carbonyl (C=O) groups is 2. The molecule has 1 aliphatic carbocycles. The van der Waals surface area contributed by atoms with E-state index in [4.69, 9.17) is 10.1 Å². The van der Waals surface area contributed by atoms with E-state index in [0.29, 0.717) is 31.4 Å². The molecule has 36 heavy (non-hydrogen) atoms. The SMILES string of the molecule is CN(CC1=CC=C(F)C=CC1)C(=O)c1ccc2nc(-c3ccccc3)c(CCCCC(=O)O)cc2c1. The Labute approximate surface area is 210 Å². The quantitative estimate of drug-likeness (QED) is 0.352. The molecule has 6 heteroatoms. The second-order valence-electron chi connectivity index (χ2n) is 9.01. The lowest BCUT2D eigenvalue weighted by Gasteiger charge is -2.19. The number of rotatable bonds is 9. The fourth-order valence-corrected chi connectivity index (χ4v) is 4.34. The molecule has 2 aromatic carbocycles. The van der Waals surface area contributed by atoms with Gasteiger partial charge in [0.05, 0.1) is 11.2 Å². The van der Waals surface area contributed by atoms with Gasteiger partial charge >= 0.3 is 5.97 Å². The normalized spacial score (nSPS) is 13.2. The molecular weight excluding hydrogens is 455 g/mol. The Hall–Kier alpha value is -4.06. The average Bonchev–Trinajstić information content (AvgIpc) is 3.09. The van der Waals surface area contributed by atoms with Gasteiger partial charge in [0.25, 0.3) is 5.91 Å². The Bertz CT molecular complexity index is 1360. The summed E-state index contributed by atoms with van der Waals surface area (Å²) >= 11 is 0. The van der Waals surface area contributed by atoms with Gasteiger partial charge in [-0.05, 0) is 73.2 Å². The Kier molecular flexibility index (Phi) is 8.06. The molecule has 0 radical (unpaired) electrons. The molecule has 0 saturated carbocycles. The zero-order valence-electron chi connectivity index (χ0n) is 20.3. The molecule has 1 aliphatic rings. The molecule has 1 amide bonds. The molecule has 0 atom stereocenters. The highest BCUT2D eigenvalue weighted by molar-refractivity contribution is 5.98. The van der Waals surface area contributed by atoms with Crippen LogP contribution in [0, 0.1) is 0 Å². The van der Waals surface area contributed by atoms with Crippen LogP contribution in [-0.2, 0) is 11.2 Å². The number of aryl methyl sites for hydroxylation is 1. The molecule has 0 fully saturated rings. The molecule has 5 nitrogen and oxygen atoms in total. The van der Waals surface area contributed by atoms with Crippen molar-refractivity contribution in [3.8, 4) is 11.3 Å². The fraction of sp³-hybridized carbons (Fsp3) is 0.233. The van der Waals surface area contributed by atoms with Gasteiger partial charge in [0.1, 0.15) is 5.83 Å². The molecule has 4 rings (SSSR count). The van der Waals surface area contributed by atoms with Crippen molar-refractivity contribution in [2.24, 2.45) is 0 Å². The van der Waals surface area contributed by atoms with Gasteiger partial charge < -0.3 is 10.0 Å². The molecule has 3 aromatic rings. The van der Waals surface area contributed by atoms with Crippen molar-refractivity contribution in [1.29, 1.82) is 0 Å². The minimum absolute atomic E-state index is 0.120. The predicted molar refractivity (Wildman–Crippen MR) is 140 cm³/mol. The van der Waals surface area contributed by atoms with Gasteiger partial charge in [0.2, 0.25) is 0 Å². The van der Waals surface area contributed by atoms with E-state index in [9.17, 15) is 14.0 Å². The van der Waals surface area contributed by atoms with Crippen LogP contribution in [0.15, 0.2) is 90.3 Å². The lowest BCUT2D eigenvalue weighted by molar-refractivity contribution is -0.137. The van der Waals surface area contributed by atoms with Crippen LogP contribution >= 0.6 is 0 Å². The Morgan fingerprint density at radius 1 is 1.06 bits per heavy atom. The highest BCUT2D eigenvalue weighted by Crippen LogP contribution is 2.28. The van der Waals surface area contributed by atoms with Gasteiger partial charge in [-0.1, -0.05) is 42.5 Å². The van der Waals surface area contributed by atoms with Crippen molar-refractivity contribution in [3.63, 3.8) is 0 Å². The number of halogens is 1. The van der Waals surface area contributed by atoms with Crippen molar-refractivity contribution in [1.82, 2.24) is 9.88 Å². The topological polar surface area (TPSA) is 70.5 Å². The third-order valence-corrected chi connectivity index (χ3v) is 6.20. The number of benzene rings is 2. The van der Waals surface area contributed by atoms with E-state index in [1.54, 1.807) is 30.2 Å². The summed E-state index contributed by atoms with van der Waals surface area (Å²) in [5.41, 5.74) is 5.21. The number of hydrogen-bond donors (Lipinski definition) is 1. The number of hydrogen-bond acceptors (Lipinski definition) is 3. The van der Waals surface area contributed by atoms with Gasteiger partial charge in [-0.2, -0.15) is 0 Å². The van der Waals surface area contributed by atoms with Gasteiger partial charge in [-0.3, -0.25) is 9.59 Å². The summed E-state index contributed by atoms with van der Waals surface area (Å²) < 4.78 is 13.4. The second kappa shape index (κ2) is 11.6. The van der Waals surface area contributed by atoms with Gasteiger partial charge in [0, 0.05) is 36.5 Å². The molecule has 0 saturated heterocycles. The summed E-state index contributed by atoms with van der Waals surface area (Å²) in [6.07, 6.45) is 9.10. The highest BCUT2D eigenvalue weighted by atomic mass is 19.1. The van der Waals surface area contributed by atoms with Crippen LogP contribution in [0.1, 0.15) is 41.6 Å². The maximum atomic E-state index is 13.4. The van der Waals surface area contributed by atoms with E-state index < -0.39 is 5.97 Å². The van der Waals surface area contributed by atoms with Crippen molar-refractivity contribution < 1.29 is 19.1 Å². The molecule has 0 unspecified atom stereocenters. The first-order chi connectivity index (χ1) is 17.4. The molecular formula is C30H29FN2O3. The van der Waals surface area contributed by atoms with Gasteiger partial charge in [-0.15, -0.1) is 0 Å². The first-order valence-electron chi connectivity index (χ1n) is 12.1. The van der Waals surface area contributed by atoms with Crippen LogP contribution in [0.4, 0.5) is 4.39 Å². The Morgan fingerprint density at radius 2 is 1.86 bits per heavy atom. The number of carbonyl (C=O) groups excluding carboxylic acids is 1. The number of pyridine rings is 1. The standard InChI is InChI=1S/C30H29FN2O3/c1-33(20-21-8-7-12-26(31)16-14-21)30(36)24-15-17-27-25(19-24)18-23(11-5-6-13-28(34)35)29(32-27)22-9-3-2-4-10-22/h2-4,7,9-10,12,14-19H,5-6,8,11,13,20H2,1H3,(H,34,35). The van der Waals surface area contributed by atoms with Gasteiger partial charge in [0.15, 0.2) is 0 Å². The molecule has 0 aliphatic heterocycles. The molecule has 1 aromatic heterocycles. The van der Waals surface area contributed by atoms with Crippen LogP contribution in [0.3, 0.4) is 0 Å².